The summed E-state index contributed by atoms with van der Waals surface area (Å²) in [5.41, 5.74) is 6.92. The second kappa shape index (κ2) is 7.20. The molecule has 0 aromatic heterocycles. The molecule has 98 valence electrons. The Balaban J connectivity index is 3.19. The van der Waals surface area contributed by atoms with E-state index in [0.717, 1.165) is 12.8 Å². The van der Waals surface area contributed by atoms with E-state index in [1.54, 1.807) is 0 Å². The maximum Gasteiger partial charge on any atom is -0.0159 e. The molecule has 0 bridgehead atoms. The van der Waals surface area contributed by atoms with E-state index < -0.39 is 0 Å². The zero-order valence-electron chi connectivity index (χ0n) is 12.3. The fraction of sp³-hybridized carbons (Fsp3) is 0.444. The summed E-state index contributed by atoms with van der Waals surface area (Å²) in [6.45, 7) is 12.8. The maximum atomic E-state index is 4.02. The van der Waals surface area contributed by atoms with Gasteiger partial charge in [-0.1, -0.05) is 44.2 Å². The van der Waals surface area contributed by atoms with Crippen LogP contribution < -0.4 is 0 Å². The van der Waals surface area contributed by atoms with Gasteiger partial charge in [0.15, 0.2) is 0 Å². The molecule has 0 saturated carbocycles. The fourth-order valence-electron chi connectivity index (χ4n) is 2.58. The SMILES string of the molecule is C=C/C(C1=CCCC=C1C)=C(C)\C(=C/C)CCC. The molecule has 18 heavy (non-hydrogen) atoms. The van der Waals surface area contributed by atoms with Crippen LogP contribution in [-0.2, 0) is 0 Å². The Labute approximate surface area is 112 Å². The molecule has 1 rings (SSSR count). The molecule has 0 heterocycles. The Morgan fingerprint density at radius 2 is 2.00 bits per heavy atom. The van der Waals surface area contributed by atoms with E-state index in [0.29, 0.717) is 0 Å². The lowest BCUT2D eigenvalue weighted by molar-refractivity contribution is 0.905. The minimum atomic E-state index is 1.15. The van der Waals surface area contributed by atoms with Crippen molar-refractivity contribution in [3.63, 3.8) is 0 Å². The van der Waals surface area contributed by atoms with E-state index in [1.165, 1.54) is 40.7 Å². The van der Waals surface area contributed by atoms with Crippen LogP contribution in [0.25, 0.3) is 0 Å². The van der Waals surface area contributed by atoms with Gasteiger partial charge in [0.2, 0.25) is 0 Å². The van der Waals surface area contributed by atoms with Crippen LogP contribution in [0.4, 0.5) is 0 Å². The molecule has 0 amide bonds. The normalized spacial score (nSPS) is 17.9. The van der Waals surface area contributed by atoms with Crippen molar-refractivity contribution in [1.29, 1.82) is 0 Å². The van der Waals surface area contributed by atoms with Crippen molar-refractivity contribution >= 4 is 0 Å². The minimum Gasteiger partial charge on any atom is -0.0984 e. The first-order valence-electron chi connectivity index (χ1n) is 7.02. The molecular formula is C18H26. The lowest BCUT2D eigenvalue weighted by Gasteiger charge is -2.18. The van der Waals surface area contributed by atoms with Crippen LogP contribution in [0.15, 0.2) is 58.7 Å². The van der Waals surface area contributed by atoms with Gasteiger partial charge in [-0.2, -0.15) is 0 Å². The number of allylic oxidation sites excluding steroid dienone is 9. The van der Waals surface area contributed by atoms with Crippen molar-refractivity contribution in [2.24, 2.45) is 0 Å². The van der Waals surface area contributed by atoms with Gasteiger partial charge < -0.3 is 0 Å². The van der Waals surface area contributed by atoms with Crippen molar-refractivity contribution in [2.45, 2.75) is 53.4 Å². The highest BCUT2D eigenvalue weighted by atomic mass is 14.2. The second-order valence-electron chi connectivity index (χ2n) is 4.89. The first-order chi connectivity index (χ1) is 8.65. The summed E-state index contributed by atoms with van der Waals surface area (Å²) in [6, 6.07) is 0. The van der Waals surface area contributed by atoms with Gasteiger partial charge in [-0.3, -0.25) is 0 Å². The summed E-state index contributed by atoms with van der Waals surface area (Å²) in [7, 11) is 0. The first-order valence-corrected chi connectivity index (χ1v) is 7.02. The zero-order chi connectivity index (χ0) is 13.5. The van der Waals surface area contributed by atoms with Crippen LogP contribution in [0.3, 0.4) is 0 Å². The van der Waals surface area contributed by atoms with E-state index >= 15 is 0 Å². The van der Waals surface area contributed by atoms with Crippen LogP contribution in [0.5, 0.6) is 0 Å². The third-order valence-corrected chi connectivity index (χ3v) is 3.64. The van der Waals surface area contributed by atoms with Gasteiger partial charge in [0.25, 0.3) is 0 Å². The standard InChI is InChI=1S/C18H26/c1-6-11-16(7-2)15(5)17(8-3)18-13-10-9-12-14(18)4/h7-8,12-13H,3,6,9-11H2,1-2,4-5H3/b16-7-,17-15+. The predicted molar refractivity (Wildman–Crippen MR) is 82.6 cm³/mol. The minimum absolute atomic E-state index is 1.15. The Kier molecular flexibility index (Phi) is 5.91. The van der Waals surface area contributed by atoms with Gasteiger partial charge in [0, 0.05) is 0 Å². The van der Waals surface area contributed by atoms with E-state index in [4.69, 9.17) is 0 Å². The summed E-state index contributed by atoms with van der Waals surface area (Å²) >= 11 is 0. The van der Waals surface area contributed by atoms with Gasteiger partial charge in [-0.25, -0.2) is 0 Å². The van der Waals surface area contributed by atoms with Crippen LogP contribution in [-0.4, -0.2) is 0 Å². The lowest BCUT2D eigenvalue weighted by Crippen LogP contribution is -1.99. The van der Waals surface area contributed by atoms with E-state index in [1.807, 2.05) is 6.08 Å². The topological polar surface area (TPSA) is 0 Å². The summed E-state index contributed by atoms with van der Waals surface area (Å²) in [5, 5.41) is 0. The molecule has 0 heteroatoms. The summed E-state index contributed by atoms with van der Waals surface area (Å²) in [5.74, 6) is 0. The zero-order valence-corrected chi connectivity index (χ0v) is 12.3. The largest absolute Gasteiger partial charge is 0.0984 e. The maximum absolute atomic E-state index is 4.02. The number of hydrogen-bond acceptors (Lipinski definition) is 0. The summed E-state index contributed by atoms with van der Waals surface area (Å²) < 4.78 is 0. The van der Waals surface area contributed by atoms with Crippen molar-refractivity contribution in [1.82, 2.24) is 0 Å². The molecule has 0 nitrogen and oxygen atoms in total. The number of hydrogen-bond donors (Lipinski definition) is 0. The average Bonchev–Trinajstić information content (AvgIpc) is 2.38. The molecule has 1 aliphatic rings. The van der Waals surface area contributed by atoms with Gasteiger partial charge in [-0.15, -0.1) is 0 Å². The molecule has 0 aromatic rings. The Bertz CT molecular complexity index is 425. The molecular weight excluding hydrogens is 216 g/mol. The summed E-state index contributed by atoms with van der Waals surface area (Å²) in [6.07, 6.45) is 13.6. The van der Waals surface area contributed by atoms with Gasteiger partial charge in [0.1, 0.15) is 0 Å². The average molecular weight is 242 g/mol. The Morgan fingerprint density at radius 1 is 1.33 bits per heavy atom. The third-order valence-electron chi connectivity index (χ3n) is 3.64. The van der Waals surface area contributed by atoms with E-state index in [9.17, 15) is 0 Å². The second-order valence-corrected chi connectivity index (χ2v) is 4.89. The van der Waals surface area contributed by atoms with Crippen molar-refractivity contribution in [3.8, 4) is 0 Å². The highest BCUT2D eigenvalue weighted by Crippen LogP contribution is 2.31. The molecule has 0 atom stereocenters. The van der Waals surface area contributed by atoms with Crippen LogP contribution in [0.1, 0.15) is 53.4 Å². The quantitative estimate of drug-likeness (QED) is 0.526. The van der Waals surface area contributed by atoms with Crippen LogP contribution >= 0.6 is 0 Å². The molecule has 0 aromatic carbocycles. The molecule has 0 fully saturated rings. The van der Waals surface area contributed by atoms with Crippen molar-refractivity contribution in [2.75, 3.05) is 0 Å². The van der Waals surface area contributed by atoms with Crippen LogP contribution in [0, 0.1) is 0 Å². The van der Waals surface area contributed by atoms with E-state index in [2.05, 4.69) is 52.5 Å². The lowest BCUT2D eigenvalue weighted by atomic mass is 9.87. The molecule has 0 spiro atoms. The van der Waals surface area contributed by atoms with Gasteiger partial charge >= 0.3 is 0 Å². The number of rotatable bonds is 5. The molecule has 1 aliphatic carbocycles. The summed E-state index contributed by atoms with van der Waals surface area (Å²) in [4.78, 5) is 0. The van der Waals surface area contributed by atoms with Gasteiger partial charge in [-0.05, 0) is 67.9 Å². The molecule has 0 aliphatic heterocycles. The monoisotopic (exact) mass is 242 g/mol. The Hall–Kier alpha value is -1.30. The molecule has 0 N–H and O–H groups in total. The molecule has 0 saturated heterocycles. The third kappa shape index (κ3) is 3.35. The van der Waals surface area contributed by atoms with Crippen LogP contribution in [0.2, 0.25) is 0 Å². The smallest absolute Gasteiger partial charge is 0.0159 e. The van der Waals surface area contributed by atoms with Crippen molar-refractivity contribution in [3.05, 3.63) is 58.7 Å². The van der Waals surface area contributed by atoms with E-state index in [-0.39, 0.29) is 0 Å². The molecule has 0 unspecified atom stereocenters. The Morgan fingerprint density at radius 3 is 2.50 bits per heavy atom. The first kappa shape index (κ1) is 14.8. The van der Waals surface area contributed by atoms with Gasteiger partial charge in [0.05, 0.1) is 0 Å². The fourth-order valence-corrected chi connectivity index (χ4v) is 2.58. The van der Waals surface area contributed by atoms with Crippen molar-refractivity contribution < 1.29 is 0 Å². The highest BCUT2D eigenvalue weighted by molar-refractivity contribution is 5.57. The predicted octanol–water partition coefficient (Wildman–Crippen LogP) is 5.90. The highest BCUT2D eigenvalue weighted by Gasteiger charge is 2.12. The molecule has 0 radical (unpaired) electrons.